The zero-order valence-electron chi connectivity index (χ0n) is 17.4. The molecule has 1 aliphatic rings. The molecule has 0 unspecified atom stereocenters. The van der Waals surface area contributed by atoms with E-state index in [1.165, 1.54) is 29.5 Å². The highest BCUT2D eigenvalue weighted by Crippen LogP contribution is 2.25. The first-order chi connectivity index (χ1) is 15.4. The summed E-state index contributed by atoms with van der Waals surface area (Å²) in [6.07, 6.45) is 0.789. The SMILES string of the molecule is O=C(c1sccc1S(=O)(=O)NCc1cccs1)N1CCCN(Cc2ccc(F)cc2)CC1. The lowest BCUT2D eigenvalue weighted by Crippen LogP contribution is -2.35. The minimum absolute atomic E-state index is 0.0384. The molecule has 1 N–H and O–H groups in total. The Labute approximate surface area is 195 Å². The number of halogens is 1. The van der Waals surface area contributed by atoms with Crippen LogP contribution in [0.5, 0.6) is 0 Å². The molecule has 3 heterocycles. The van der Waals surface area contributed by atoms with Crippen molar-refractivity contribution in [2.75, 3.05) is 26.2 Å². The average molecular weight is 494 g/mol. The van der Waals surface area contributed by atoms with Gasteiger partial charge in [-0.05, 0) is 47.0 Å². The van der Waals surface area contributed by atoms with Crippen molar-refractivity contribution in [1.29, 1.82) is 0 Å². The molecule has 32 heavy (non-hydrogen) atoms. The maximum atomic E-state index is 13.2. The summed E-state index contributed by atoms with van der Waals surface area (Å²) in [5.41, 5.74) is 1.02. The first-order valence-corrected chi connectivity index (χ1v) is 13.5. The van der Waals surface area contributed by atoms with Crippen molar-refractivity contribution in [1.82, 2.24) is 14.5 Å². The third-order valence-electron chi connectivity index (χ3n) is 5.32. The first kappa shape index (κ1) is 23.1. The van der Waals surface area contributed by atoms with E-state index in [0.29, 0.717) is 26.2 Å². The molecule has 1 aliphatic heterocycles. The van der Waals surface area contributed by atoms with Crippen LogP contribution in [-0.2, 0) is 23.1 Å². The van der Waals surface area contributed by atoms with Gasteiger partial charge in [-0.25, -0.2) is 17.5 Å². The second kappa shape index (κ2) is 10.2. The Morgan fingerprint density at radius 1 is 1.00 bits per heavy atom. The van der Waals surface area contributed by atoms with Crippen molar-refractivity contribution >= 4 is 38.6 Å². The number of sulfonamides is 1. The summed E-state index contributed by atoms with van der Waals surface area (Å²) in [5.74, 6) is -0.506. The molecule has 3 aromatic rings. The number of rotatable bonds is 7. The molecule has 0 atom stereocenters. The molecule has 6 nitrogen and oxygen atoms in total. The molecule has 0 aliphatic carbocycles. The zero-order valence-corrected chi connectivity index (χ0v) is 19.8. The predicted octanol–water partition coefficient (Wildman–Crippen LogP) is 3.78. The molecular weight excluding hydrogens is 469 g/mol. The average Bonchev–Trinajstić information content (AvgIpc) is 3.43. The molecular formula is C22H24FN3O3S3. The van der Waals surface area contributed by atoms with Crippen molar-refractivity contribution in [2.45, 2.75) is 24.4 Å². The van der Waals surface area contributed by atoms with Crippen molar-refractivity contribution in [3.63, 3.8) is 0 Å². The van der Waals surface area contributed by atoms with Gasteiger partial charge in [-0.15, -0.1) is 22.7 Å². The second-order valence-corrected chi connectivity index (χ2v) is 11.2. The number of thiophene rings is 2. The summed E-state index contributed by atoms with van der Waals surface area (Å²) < 4.78 is 41.4. The zero-order chi connectivity index (χ0) is 22.6. The number of carbonyl (C=O) groups excluding carboxylic acids is 1. The third kappa shape index (κ3) is 5.62. The molecule has 2 aromatic heterocycles. The normalized spacial score (nSPS) is 15.6. The van der Waals surface area contributed by atoms with Gasteiger partial charge >= 0.3 is 0 Å². The van der Waals surface area contributed by atoms with Gasteiger partial charge in [0.25, 0.3) is 5.91 Å². The molecule has 1 amide bonds. The summed E-state index contributed by atoms with van der Waals surface area (Å²) in [5, 5.41) is 3.54. The van der Waals surface area contributed by atoms with Crippen LogP contribution in [0.3, 0.4) is 0 Å². The lowest BCUT2D eigenvalue weighted by Gasteiger charge is -2.22. The van der Waals surface area contributed by atoms with Crippen LogP contribution in [0.1, 0.15) is 26.5 Å². The predicted molar refractivity (Wildman–Crippen MR) is 125 cm³/mol. The minimum atomic E-state index is -3.79. The molecule has 4 rings (SSSR count). The molecule has 10 heteroatoms. The van der Waals surface area contributed by atoms with Crippen LogP contribution in [0.25, 0.3) is 0 Å². The standard InChI is InChI=1S/C22H24FN3O3S3/c23-18-6-4-17(5-7-18)16-25-9-2-10-26(12-11-25)22(27)21-20(8-14-31-21)32(28,29)24-15-19-3-1-13-30-19/h1,3-8,13-14,24H,2,9-12,15-16H2. The van der Waals surface area contributed by atoms with E-state index in [0.717, 1.165) is 34.7 Å². The van der Waals surface area contributed by atoms with Crippen LogP contribution < -0.4 is 4.72 Å². The van der Waals surface area contributed by atoms with Crippen LogP contribution in [-0.4, -0.2) is 50.3 Å². The van der Waals surface area contributed by atoms with Crippen LogP contribution >= 0.6 is 22.7 Å². The van der Waals surface area contributed by atoms with Gasteiger partial charge in [-0.2, -0.15) is 0 Å². The molecule has 1 aromatic carbocycles. The molecule has 1 saturated heterocycles. The Bertz CT molecular complexity index is 1140. The van der Waals surface area contributed by atoms with Gasteiger partial charge in [0.1, 0.15) is 15.6 Å². The van der Waals surface area contributed by atoms with Gasteiger partial charge in [-0.1, -0.05) is 18.2 Å². The molecule has 0 bridgehead atoms. The highest BCUT2D eigenvalue weighted by molar-refractivity contribution is 7.89. The number of hydrogen-bond acceptors (Lipinski definition) is 6. The van der Waals surface area contributed by atoms with Crippen LogP contribution in [0.2, 0.25) is 0 Å². The maximum Gasteiger partial charge on any atom is 0.265 e. The third-order valence-corrected chi connectivity index (χ3v) is 8.68. The van der Waals surface area contributed by atoms with Crippen molar-refractivity contribution in [3.8, 4) is 0 Å². The summed E-state index contributed by atoms with van der Waals surface area (Å²) in [6, 6.07) is 11.7. The van der Waals surface area contributed by atoms with E-state index in [2.05, 4.69) is 9.62 Å². The van der Waals surface area contributed by atoms with Crippen LogP contribution in [0.4, 0.5) is 4.39 Å². The van der Waals surface area contributed by atoms with Crippen molar-refractivity contribution in [3.05, 3.63) is 74.4 Å². The summed E-state index contributed by atoms with van der Waals surface area (Å²) in [4.78, 5) is 18.4. The van der Waals surface area contributed by atoms with E-state index < -0.39 is 10.0 Å². The molecule has 1 fully saturated rings. The smallest absolute Gasteiger partial charge is 0.265 e. The van der Waals surface area contributed by atoms with Crippen LogP contribution in [0, 0.1) is 5.82 Å². The van der Waals surface area contributed by atoms with Crippen LogP contribution in [0.15, 0.2) is 58.1 Å². The minimum Gasteiger partial charge on any atom is -0.337 e. The fraction of sp³-hybridized carbons (Fsp3) is 0.318. The van der Waals surface area contributed by atoms with E-state index in [1.54, 1.807) is 22.4 Å². The second-order valence-electron chi connectivity index (χ2n) is 7.57. The fourth-order valence-corrected chi connectivity index (χ4v) is 6.78. The summed E-state index contributed by atoms with van der Waals surface area (Å²) in [7, 11) is -3.79. The number of carbonyl (C=O) groups is 1. The number of nitrogens with zero attached hydrogens (tertiary/aromatic N) is 2. The van der Waals surface area contributed by atoms with Gasteiger partial charge in [-0.3, -0.25) is 9.69 Å². The molecule has 0 radical (unpaired) electrons. The number of nitrogens with one attached hydrogen (secondary N) is 1. The molecule has 0 spiro atoms. The maximum absolute atomic E-state index is 13.2. The number of amides is 1. The summed E-state index contributed by atoms with van der Waals surface area (Å²) >= 11 is 2.63. The van der Waals surface area contributed by atoms with Gasteiger partial charge in [0.05, 0.1) is 0 Å². The lowest BCUT2D eigenvalue weighted by atomic mass is 10.2. The Morgan fingerprint density at radius 3 is 2.56 bits per heavy atom. The van der Waals surface area contributed by atoms with Crippen molar-refractivity contribution < 1.29 is 17.6 Å². The highest BCUT2D eigenvalue weighted by atomic mass is 32.2. The van der Waals surface area contributed by atoms with Gasteiger partial charge in [0.15, 0.2) is 0 Å². The number of benzene rings is 1. The Balaban J connectivity index is 1.40. The monoisotopic (exact) mass is 493 g/mol. The Kier molecular flexibility index (Phi) is 7.37. The lowest BCUT2D eigenvalue weighted by molar-refractivity contribution is 0.0762. The first-order valence-electron chi connectivity index (χ1n) is 10.3. The topological polar surface area (TPSA) is 69.7 Å². The molecule has 0 saturated carbocycles. The van der Waals surface area contributed by atoms with Gasteiger partial charge in [0.2, 0.25) is 10.0 Å². The Hall–Kier alpha value is -2.11. The van der Waals surface area contributed by atoms with Crippen molar-refractivity contribution in [2.24, 2.45) is 0 Å². The van der Waals surface area contributed by atoms with E-state index in [4.69, 9.17) is 0 Å². The number of hydrogen-bond donors (Lipinski definition) is 1. The Morgan fingerprint density at radius 2 is 1.81 bits per heavy atom. The highest BCUT2D eigenvalue weighted by Gasteiger charge is 2.28. The van der Waals surface area contributed by atoms with E-state index in [-0.39, 0.29) is 28.0 Å². The summed E-state index contributed by atoms with van der Waals surface area (Å²) in [6.45, 7) is 3.46. The van der Waals surface area contributed by atoms with E-state index in [1.807, 2.05) is 17.5 Å². The quantitative estimate of drug-likeness (QED) is 0.544. The van der Waals surface area contributed by atoms with E-state index in [9.17, 15) is 17.6 Å². The largest absolute Gasteiger partial charge is 0.337 e. The van der Waals surface area contributed by atoms with E-state index >= 15 is 0 Å². The fourth-order valence-electron chi connectivity index (χ4n) is 3.65. The van der Waals surface area contributed by atoms with Gasteiger partial charge < -0.3 is 4.90 Å². The van der Waals surface area contributed by atoms with Gasteiger partial charge in [0, 0.05) is 44.1 Å². The molecule has 170 valence electrons.